The molecule has 2 N–H and O–H groups in total. The Balaban J connectivity index is 2.35. The standard InChI is InChI=1S/C15H24N2O2S/c1-12(16-2)13-6-4-7-14(10-13)20-11-15(18)17-8-5-9-19-3/h4,6-7,10,12,16H,5,8-9,11H2,1-3H3,(H,17,18). The fourth-order valence-corrected chi connectivity index (χ4v) is 2.48. The van der Waals surface area contributed by atoms with Crippen LogP contribution in [0, 0.1) is 0 Å². The van der Waals surface area contributed by atoms with E-state index in [1.807, 2.05) is 19.2 Å². The highest BCUT2D eigenvalue weighted by molar-refractivity contribution is 8.00. The number of thioether (sulfide) groups is 1. The molecular weight excluding hydrogens is 272 g/mol. The first-order chi connectivity index (χ1) is 9.67. The topological polar surface area (TPSA) is 50.4 Å². The molecular formula is C15H24N2O2S. The lowest BCUT2D eigenvalue weighted by molar-refractivity contribution is -0.118. The molecule has 20 heavy (non-hydrogen) atoms. The third-order valence-electron chi connectivity index (χ3n) is 3.01. The average molecular weight is 296 g/mol. The molecule has 0 spiro atoms. The van der Waals surface area contributed by atoms with Gasteiger partial charge in [0.15, 0.2) is 0 Å². The molecule has 0 aliphatic carbocycles. The van der Waals surface area contributed by atoms with Crippen molar-refractivity contribution in [2.45, 2.75) is 24.3 Å². The molecule has 1 aromatic carbocycles. The van der Waals surface area contributed by atoms with Crippen LogP contribution in [-0.2, 0) is 9.53 Å². The molecule has 0 aliphatic rings. The number of amides is 1. The SMILES string of the molecule is CNC(C)c1cccc(SCC(=O)NCCCOC)c1. The predicted octanol–water partition coefficient (Wildman–Crippen LogP) is 2.21. The number of ether oxygens (including phenoxy) is 1. The summed E-state index contributed by atoms with van der Waals surface area (Å²) in [5.41, 5.74) is 1.23. The Labute approximate surface area is 125 Å². The lowest BCUT2D eigenvalue weighted by Crippen LogP contribution is -2.26. The van der Waals surface area contributed by atoms with Gasteiger partial charge in [0.25, 0.3) is 0 Å². The van der Waals surface area contributed by atoms with Gasteiger partial charge < -0.3 is 15.4 Å². The second-order valence-corrected chi connectivity index (χ2v) is 5.62. The van der Waals surface area contributed by atoms with Crippen LogP contribution >= 0.6 is 11.8 Å². The van der Waals surface area contributed by atoms with Crippen LogP contribution in [0.15, 0.2) is 29.2 Å². The van der Waals surface area contributed by atoms with Crippen LogP contribution in [0.2, 0.25) is 0 Å². The highest BCUT2D eigenvalue weighted by Crippen LogP contribution is 2.22. The van der Waals surface area contributed by atoms with E-state index in [0.29, 0.717) is 24.9 Å². The lowest BCUT2D eigenvalue weighted by atomic mass is 10.1. The Morgan fingerprint density at radius 2 is 2.25 bits per heavy atom. The molecule has 0 bridgehead atoms. The van der Waals surface area contributed by atoms with Crippen LogP contribution in [-0.4, -0.2) is 39.0 Å². The number of carbonyl (C=O) groups excluding carboxylic acids is 1. The average Bonchev–Trinajstić information content (AvgIpc) is 2.49. The third kappa shape index (κ3) is 6.41. The van der Waals surface area contributed by atoms with Crippen molar-refractivity contribution in [2.24, 2.45) is 0 Å². The zero-order valence-corrected chi connectivity index (χ0v) is 13.3. The van der Waals surface area contributed by atoms with Gasteiger partial charge in [0.2, 0.25) is 5.91 Å². The molecule has 0 aliphatic heterocycles. The highest BCUT2D eigenvalue weighted by Gasteiger charge is 2.05. The van der Waals surface area contributed by atoms with E-state index in [-0.39, 0.29) is 5.91 Å². The van der Waals surface area contributed by atoms with E-state index in [1.54, 1.807) is 18.9 Å². The van der Waals surface area contributed by atoms with Gasteiger partial charge in [-0.3, -0.25) is 4.79 Å². The zero-order chi connectivity index (χ0) is 14.8. The molecule has 0 saturated carbocycles. The second kappa shape index (κ2) is 9.80. The molecule has 1 atom stereocenters. The summed E-state index contributed by atoms with van der Waals surface area (Å²) < 4.78 is 4.94. The molecule has 0 fully saturated rings. The zero-order valence-electron chi connectivity index (χ0n) is 12.4. The molecule has 1 aromatic rings. The van der Waals surface area contributed by atoms with Gasteiger partial charge >= 0.3 is 0 Å². The maximum atomic E-state index is 11.7. The van der Waals surface area contributed by atoms with Crippen molar-refractivity contribution >= 4 is 17.7 Å². The summed E-state index contributed by atoms with van der Waals surface area (Å²) >= 11 is 1.56. The molecule has 0 radical (unpaired) electrons. The van der Waals surface area contributed by atoms with Gasteiger partial charge in [0, 0.05) is 31.2 Å². The molecule has 0 saturated heterocycles. The minimum Gasteiger partial charge on any atom is -0.385 e. The van der Waals surface area contributed by atoms with Gasteiger partial charge in [-0.2, -0.15) is 0 Å². The van der Waals surface area contributed by atoms with Gasteiger partial charge in [-0.25, -0.2) is 0 Å². The minimum absolute atomic E-state index is 0.0678. The molecule has 1 unspecified atom stereocenters. The summed E-state index contributed by atoms with van der Waals surface area (Å²) in [5, 5.41) is 6.10. The van der Waals surface area contributed by atoms with Crippen LogP contribution < -0.4 is 10.6 Å². The van der Waals surface area contributed by atoms with Crippen molar-refractivity contribution < 1.29 is 9.53 Å². The monoisotopic (exact) mass is 296 g/mol. The van der Waals surface area contributed by atoms with Gasteiger partial charge in [0.1, 0.15) is 0 Å². The number of hydrogen-bond donors (Lipinski definition) is 2. The fraction of sp³-hybridized carbons (Fsp3) is 0.533. The first-order valence-electron chi connectivity index (χ1n) is 6.83. The van der Waals surface area contributed by atoms with Gasteiger partial charge in [0.05, 0.1) is 5.75 Å². The van der Waals surface area contributed by atoms with E-state index in [2.05, 4.69) is 29.7 Å². The van der Waals surface area contributed by atoms with Gasteiger partial charge in [-0.05, 0) is 38.1 Å². The van der Waals surface area contributed by atoms with Crippen molar-refractivity contribution in [2.75, 3.05) is 33.1 Å². The van der Waals surface area contributed by atoms with Crippen LogP contribution in [0.25, 0.3) is 0 Å². The maximum Gasteiger partial charge on any atom is 0.230 e. The van der Waals surface area contributed by atoms with E-state index in [0.717, 1.165) is 11.3 Å². The summed E-state index contributed by atoms with van der Waals surface area (Å²) in [4.78, 5) is 12.8. The number of methoxy groups -OCH3 is 1. The Morgan fingerprint density at radius 1 is 1.45 bits per heavy atom. The van der Waals surface area contributed by atoms with E-state index in [4.69, 9.17) is 4.74 Å². The highest BCUT2D eigenvalue weighted by atomic mass is 32.2. The first kappa shape index (κ1) is 17.0. The van der Waals surface area contributed by atoms with Gasteiger partial charge in [-0.15, -0.1) is 11.8 Å². The quantitative estimate of drug-likeness (QED) is 0.542. The molecule has 0 aromatic heterocycles. The van der Waals surface area contributed by atoms with E-state index < -0.39 is 0 Å². The summed E-state index contributed by atoms with van der Waals surface area (Å²) in [5.74, 6) is 0.517. The van der Waals surface area contributed by atoms with Crippen LogP contribution in [0.3, 0.4) is 0 Å². The molecule has 4 nitrogen and oxygen atoms in total. The smallest absolute Gasteiger partial charge is 0.230 e. The van der Waals surface area contributed by atoms with Crippen molar-refractivity contribution in [1.29, 1.82) is 0 Å². The number of benzene rings is 1. The largest absolute Gasteiger partial charge is 0.385 e. The molecule has 1 amide bonds. The van der Waals surface area contributed by atoms with Crippen LogP contribution in [0.1, 0.15) is 24.9 Å². The van der Waals surface area contributed by atoms with Gasteiger partial charge in [-0.1, -0.05) is 12.1 Å². The normalized spacial score (nSPS) is 12.2. The summed E-state index contributed by atoms with van der Waals surface area (Å²) in [7, 11) is 3.61. The minimum atomic E-state index is 0.0678. The molecule has 112 valence electrons. The number of rotatable bonds is 9. The number of nitrogens with one attached hydrogen (secondary N) is 2. The second-order valence-electron chi connectivity index (χ2n) is 4.57. The van der Waals surface area contributed by atoms with Crippen molar-refractivity contribution in [1.82, 2.24) is 10.6 Å². The van der Waals surface area contributed by atoms with Crippen molar-refractivity contribution in [3.05, 3.63) is 29.8 Å². The van der Waals surface area contributed by atoms with Crippen LogP contribution in [0.4, 0.5) is 0 Å². The summed E-state index contributed by atoms with van der Waals surface area (Å²) in [6, 6.07) is 8.61. The van der Waals surface area contributed by atoms with E-state index in [1.165, 1.54) is 5.56 Å². The number of carbonyl (C=O) groups is 1. The molecule has 1 rings (SSSR count). The summed E-state index contributed by atoms with van der Waals surface area (Å²) in [6.45, 7) is 3.47. The molecule has 0 heterocycles. The first-order valence-corrected chi connectivity index (χ1v) is 7.81. The predicted molar refractivity (Wildman–Crippen MR) is 84.1 cm³/mol. The van der Waals surface area contributed by atoms with Crippen molar-refractivity contribution in [3.8, 4) is 0 Å². The van der Waals surface area contributed by atoms with E-state index in [9.17, 15) is 4.79 Å². The number of hydrogen-bond acceptors (Lipinski definition) is 4. The fourth-order valence-electron chi connectivity index (χ4n) is 1.68. The Morgan fingerprint density at radius 3 is 2.95 bits per heavy atom. The Hall–Kier alpha value is -1.04. The van der Waals surface area contributed by atoms with Crippen LogP contribution in [0.5, 0.6) is 0 Å². The van der Waals surface area contributed by atoms with E-state index >= 15 is 0 Å². The Kier molecular flexibility index (Phi) is 8.34. The Bertz CT molecular complexity index is 413. The maximum absolute atomic E-state index is 11.7. The third-order valence-corrected chi connectivity index (χ3v) is 4.00. The lowest BCUT2D eigenvalue weighted by Gasteiger charge is -2.11. The molecule has 5 heteroatoms. The summed E-state index contributed by atoms with van der Waals surface area (Å²) in [6.07, 6.45) is 0.849. The van der Waals surface area contributed by atoms with Crippen molar-refractivity contribution in [3.63, 3.8) is 0 Å².